The Morgan fingerprint density at radius 1 is 1.20 bits per heavy atom. The van der Waals surface area contributed by atoms with Crippen molar-refractivity contribution >= 4 is 47.5 Å². The number of pyridine rings is 1. The number of hydrogen-bond acceptors (Lipinski definition) is 3. The van der Waals surface area contributed by atoms with Crippen molar-refractivity contribution in [3.8, 4) is 0 Å². The molecule has 0 bridgehead atoms. The molecule has 0 aliphatic heterocycles. The van der Waals surface area contributed by atoms with Gasteiger partial charge in [-0.15, -0.1) is 12.4 Å². The Bertz CT molecular complexity index is 454. The van der Waals surface area contributed by atoms with Crippen LogP contribution in [-0.4, -0.2) is 62.1 Å². The van der Waals surface area contributed by atoms with Gasteiger partial charge < -0.3 is 9.80 Å². The molecular formula is C12H19Cl3N4O. The Morgan fingerprint density at radius 2 is 1.80 bits per heavy atom. The Morgan fingerprint density at radius 3 is 2.25 bits per heavy atom. The maximum Gasteiger partial charge on any atom is 0.325 e. The van der Waals surface area contributed by atoms with Crippen LogP contribution in [0.25, 0.3) is 0 Å². The third-order valence-corrected chi connectivity index (χ3v) is 2.91. The lowest BCUT2D eigenvalue weighted by Gasteiger charge is -2.27. The molecule has 0 fully saturated rings. The topological polar surface area (TPSA) is 39.7 Å². The molecule has 0 saturated heterocycles. The monoisotopic (exact) mass is 340 g/mol. The summed E-state index contributed by atoms with van der Waals surface area (Å²) in [5, 5.41) is 0.806. The number of aromatic nitrogens is 1. The molecule has 1 aromatic heterocycles. The van der Waals surface area contributed by atoms with Gasteiger partial charge in [-0.1, -0.05) is 23.2 Å². The number of anilines is 1. The van der Waals surface area contributed by atoms with Gasteiger partial charge in [0, 0.05) is 33.4 Å². The average molecular weight is 342 g/mol. The Labute approximate surface area is 135 Å². The largest absolute Gasteiger partial charge is 0.330 e. The van der Waals surface area contributed by atoms with Gasteiger partial charge in [0.1, 0.15) is 0 Å². The molecule has 0 atom stereocenters. The molecule has 114 valence electrons. The molecule has 0 unspecified atom stereocenters. The minimum Gasteiger partial charge on any atom is -0.330 e. The minimum absolute atomic E-state index is 0. The summed E-state index contributed by atoms with van der Waals surface area (Å²) < 4.78 is 0. The summed E-state index contributed by atoms with van der Waals surface area (Å²) in [6.07, 6.45) is 1.48. The van der Waals surface area contributed by atoms with Gasteiger partial charge in [-0.25, -0.2) is 9.78 Å². The summed E-state index contributed by atoms with van der Waals surface area (Å²) in [5.41, 5.74) is 0. The maximum absolute atomic E-state index is 12.2. The molecule has 2 amide bonds. The summed E-state index contributed by atoms with van der Waals surface area (Å²) in [4.78, 5) is 21.4. The number of rotatable bonds is 4. The normalized spacial score (nSPS) is 10.2. The third kappa shape index (κ3) is 5.32. The van der Waals surface area contributed by atoms with Gasteiger partial charge in [-0.05, 0) is 20.2 Å². The van der Waals surface area contributed by atoms with Crippen LogP contribution in [0.3, 0.4) is 0 Å². The van der Waals surface area contributed by atoms with Gasteiger partial charge in [-0.2, -0.15) is 0 Å². The first kappa shape index (κ1) is 19.2. The number of likely N-dealkylation sites (N-methyl/N-ethyl adjacent to an activating group) is 1. The van der Waals surface area contributed by atoms with E-state index in [0.717, 1.165) is 0 Å². The fourth-order valence-electron chi connectivity index (χ4n) is 1.44. The Balaban J connectivity index is 0.00000361. The van der Waals surface area contributed by atoms with E-state index in [1.165, 1.54) is 11.1 Å². The third-order valence-electron chi connectivity index (χ3n) is 2.43. The van der Waals surface area contributed by atoms with E-state index in [0.29, 0.717) is 29.0 Å². The molecule has 8 heteroatoms. The van der Waals surface area contributed by atoms with Gasteiger partial charge in [0.2, 0.25) is 0 Å². The molecular weight excluding hydrogens is 323 g/mol. The molecule has 0 aromatic carbocycles. The van der Waals surface area contributed by atoms with Gasteiger partial charge in [0.25, 0.3) is 0 Å². The van der Waals surface area contributed by atoms with Gasteiger partial charge in [0.05, 0.1) is 10.0 Å². The molecule has 1 rings (SSSR count). The van der Waals surface area contributed by atoms with Crippen LogP contribution in [0, 0.1) is 0 Å². The van der Waals surface area contributed by atoms with Gasteiger partial charge in [-0.3, -0.25) is 4.90 Å². The minimum atomic E-state index is -0.168. The van der Waals surface area contributed by atoms with E-state index in [1.54, 1.807) is 25.1 Å². The predicted octanol–water partition coefficient (Wildman–Crippen LogP) is 2.86. The second-order valence-corrected chi connectivity index (χ2v) is 5.43. The predicted molar refractivity (Wildman–Crippen MR) is 86.5 cm³/mol. The van der Waals surface area contributed by atoms with E-state index in [4.69, 9.17) is 23.2 Å². The van der Waals surface area contributed by atoms with Gasteiger partial charge >= 0.3 is 6.03 Å². The number of nitrogens with zero attached hydrogens (tertiary/aromatic N) is 4. The van der Waals surface area contributed by atoms with Crippen LogP contribution < -0.4 is 4.90 Å². The number of halogens is 3. The first-order valence-corrected chi connectivity index (χ1v) is 6.53. The lowest BCUT2D eigenvalue weighted by atomic mass is 10.4. The highest BCUT2D eigenvalue weighted by molar-refractivity contribution is 6.36. The van der Waals surface area contributed by atoms with Crippen LogP contribution in [-0.2, 0) is 0 Å². The highest BCUT2D eigenvalue weighted by Crippen LogP contribution is 2.26. The summed E-state index contributed by atoms with van der Waals surface area (Å²) in [6, 6.07) is 1.41. The molecule has 1 aromatic rings. The highest BCUT2D eigenvalue weighted by Gasteiger charge is 2.21. The summed E-state index contributed by atoms with van der Waals surface area (Å²) in [7, 11) is 7.26. The van der Waals surface area contributed by atoms with Crippen LogP contribution in [0.15, 0.2) is 12.3 Å². The molecule has 5 nitrogen and oxygen atoms in total. The number of carbonyl (C=O) groups is 1. The zero-order valence-corrected chi connectivity index (χ0v) is 14.3. The molecule has 0 N–H and O–H groups in total. The molecule has 0 saturated carbocycles. The van der Waals surface area contributed by atoms with Crippen molar-refractivity contribution < 1.29 is 4.79 Å². The fourth-order valence-corrected chi connectivity index (χ4v) is 1.92. The van der Waals surface area contributed by atoms with Crippen LogP contribution in [0.4, 0.5) is 10.6 Å². The number of carbonyl (C=O) groups excluding carboxylic acids is 1. The summed E-state index contributed by atoms with van der Waals surface area (Å²) in [6.45, 7) is 1.21. The van der Waals surface area contributed by atoms with Crippen molar-refractivity contribution in [3.05, 3.63) is 22.3 Å². The molecule has 0 aliphatic rings. The van der Waals surface area contributed by atoms with Crippen LogP contribution >= 0.6 is 35.6 Å². The smallest absolute Gasteiger partial charge is 0.325 e. The van der Waals surface area contributed by atoms with E-state index >= 15 is 0 Å². The van der Waals surface area contributed by atoms with Crippen molar-refractivity contribution in [3.63, 3.8) is 0 Å². The fraction of sp³-hybridized carbons (Fsp3) is 0.500. The van der Waals surface area contributed by atoms with Crippen molar-refractivity contribution in [2.24, 2.45) is 0 Å². The molecule has 1 heterocycles. The van der Waals surface area contributed by atoms with E-state index in [-0.39, 0.29) is 18.4 Å². The number of urea groups is 1. The molecule has 20 heavy (non-hydrogen) atoms. The Kier molecular flexibility index (Phi) is 8.20. The zero-order valence-electron chi connectivity index (χ0n) is 11.9. The lowest BCUT2D eigenvalue weighted by molar-refractivity contribution is 0.222. The summed E-state index contributed by atoms with van der Waals surface area (Å²) in [5.74, 6) is 0.423. The second kappa shape index (κ2) is 8.52. The molecule has 0 spiro atoms. The lowest BCUT2D eigenvalue weighted by Crippen LogP contribution is -2.43. The Hall–Kier alpha value is -0.750. The maximum atomic E-state index is 12.2. The second-order valence-electron chi connectivity index (χ2n) is 4.59. The van der Waals surface area contributed by atoms with Crippen LogP contribution in [0.1, 0.15) is 0 Å². The zero-order chi connectivity index (χ0) is 14.6. The van der Waals surface area contributed by atoms with Crippen molar-refractivity contribution in [2.75, 3.05) is 46.2 Å². The van der Waals surface area contributed by atoms with Crippen LogP contribution in [0.5, 0.6) is 0 Å². The first-order chi connectivity index (χ1) is 8.82. The number of hydrogen-bond donors (Lipinski definition) is 0. The number of amides is 2. The molecule has 0 aliphatic carbocycles. The van der Waals surface area contributed by atoms with E-state index in [2.05, 4.69) is 4.98 Å². The van der Waals surface area contributed by atoms with E-state index < -0.39 is 0 Å². The van der Waals surface area contributed by atoms with Crippen molar-refractivity contribution in [1.29, 1.82) is 0 Å². The van der Waals surface area contributed by atoms with Gasteiger partial charge in [0.15, 0.2) is 5.82 Å². The van der Waals surface area contributed by atoms with Crippen molar-refractivity contribution in [1.82, 2.24) is 14.8 Å². The average Bonchev–Trinajstić information content (AvgIpc) is 2.30. The quantitative estimate of drug-likeness (QED) is 0.845. The van der Waals surface area contributed by atoms with E-state index in [9.17, 15) is 4.79 Å². The van der Waals surface area contributed by atoms with Crippen LogP contribution in [0.2, 0.25) is 10.0 Å². The standard InChI is InChI=1S/C12H18Cl2N4O.ClH/c1-16(2)5-6-18(12(19)17(3)4)11-10(14)7-9(13)8-15-11;/h7-8H,5-6H2,1-4H3;1H. The van der Waals surface area contributed by atoms with E-state index in [1.807, 2.05) is 19.0 Å². The molecule has 0 radical (unpaired) electrons. The highest BCUT2D eigenvalue weighted by atomic mass is 35.5. The SMILES string of the molecule is CN(C)CCN(C(=O)N(C)C)c1ncc(Cl)cc1Cl.Cl. The summed E-state index contributed by atoms with van der Waals surface area (Å²) >= 11 is 11.9. The van der Waals surface area contributed by atoms with Crippen molar-refractivity contribution in [2.45, 2.75) is 0 Å². The first-order valence-electron chi connectivity index (χ1n) is 5.77.